The molecule has 1 aromatic heterocycles. The van der Waals surface area contributed by atoms with Crippen LogP contribution < -0.4 is 20.1 Å². The van der Waals surface area contributed by atoms with Gasteiger partial charge in [0.2, 0.25) is 12.0 Å². The second-order valence-electron chi connectivity index (χ2n) is 25.4. The molecule has 5 aliphatic carbocycles. The van der Waals surface area contributed by atoms with Crippen LogP contribution in [0, 0.1) is 52.8 Å². The van der Waals surface area contributed by atoms with E-state index in [1.165, 1.54) is 0 Å². The number of ether oxygens (including phenoxy) is 4. The summed E-state index contributed by atoms with van der Waals surface area (Å²) < 4.78 is 32.9. The Kier molecular flexibility index (Phi) is 17.6. The third-order valence-electron chi connectivity index (χ3n) is 21.4. The number of furan rings is 1. The van der Waals surface area contributed by atoms with E-state index in [0.717, 1.165) is 102 Å². The maximum Gasteiger partial charge on any atom is 0.306 e. The van der Waals surface area contributed by atoms with Gasteiger partial charge in [0.15, 0.2) is 16.9 Å². The number of esters is 1. The average molecular weight is 1160 g/mol. The lowest BCUT2D eigenvalue weighted by Crippen LogP contribution is -2.86. The Hall–Kier alpha value is -1.43. The molecule has 2 aromatic rings. The minimum Gasteiger partial charge on any atom is -0.485 e. The Morgan fingerprint density at radius 1 is 0.949 bits per heavy atom. The van der Waals surface area contributed by atoms with Crippen LogP contribution in [0.15, 0.2) is 35.0 Å². The van der Waals surface area contributed by atoms with Gasteiger partial charge >= 0.3 is 5.97 Å². The number of hydrogen-bond donors (Lipinski definition) is 9. The number of carbonyl (C=O) groups is 1. The van der Waals surface area contributed by atoms with Crippen LogP contribution in [0.4, 0.5) is 0 Å². The highest BCUT2D eigenvalue weighted by Gasteiger charge is 2.78. The van der Waals surface area contributed by atoms with Gasteiger partial charge in [-0.25, -0.2) is 0 Å². The molecule has 3 spiro atoms. The summed E-state index contributed by atoms with van der Waals surface area (Å²) in [4.78, 5) is 13.1. The zero-order valence-corrected chi connectivity index (χ0v) is 49.3. The molecular weight excluding hydrogens is 1070 g/mol. The summed E-state index contributed by atoms with van der Waals surface area (Å²) in [6, 6.07) is 3.65. The SMILES string of the molecule is CCOC(=O)CCc1cc2ccoc2c2c1OC1OC3(CSSC45CC(CSSCC(CCC3O)C(C)CCC4NCCO2)C2(CCC(CNC)C2)C5CCC2(O)CCCCC2)C2(O)CC3C=CC(O)C(CO)C3C1(O)C2O. The predicted molar refractivity (Wildman–Crippen MR) is 307 cm³/mol. The summed E-state index contributed by atoms with van der Waals surface area (Å²) in [6.45, 7) is 5.36. The van der Waals surface area contributed by atoms with E-state index in [1.54, 1.807) is 36.1 Å². The fourth-order valence-corrected chi connectivity index (χ4v) is 24.7. The molecule has 9 N–H and O–H groups in total. The lowest BCUT2D eigenvalue weighted by molar-refractivity contribution is -0.424. The van der Waals surface area contributed by atoms with Gasteiger partial charge in [0, 0.05) is 64.8 Å². The largest absolute Gasteiger partial charge is 0.485 e. The van der Waals surface area contributed by atoms with E-state index >= 15 is 0 Å². The molecular formula is C59H88N2O13S4. The Balaban J connectivity index is 1.12. The summed E-state index contributed by atoms with van der Waals surface area (Å²) in [5, 5.41) is 98.2. The van der Waals surface area contributed by atoms with Crippen molar-refractivity contribution in [3.8, 4) is 11.5 Å². The van der Waals surface area contributed by atoms with E-state index in [1.807, 2.05) is 44.5 Å². The summed E-state index contributed by atoms with van der Waals surface area (Å²) in [7, 11) is 9.51. The molecule has 7 fully saturated rings. The van der Waals surface area contributed by atoms with Crippen molar-refractivity contribution in [1.82, 2.24) is 10.6 Å². The van der Waals surface area contributed by atoms with Crippen molar-refractivity contribution in [3.05, 3.63) is 36.1 Å². The van der Waals surface area contributed by atoms with Gasteiger partial charge in [-0.05, 0) is 169 Å². The third kappa shape index (κ3) is 10.1. The maximum absolute atomic E-state index is 14.0. The van der Waals surface area contributed by atoms with Crippen molar-refractivity contribution in [1.29, 1.82) is 0 Å². The number of allylic oxidation sites excluding steroid dienone is 1. The molecule has 4 saturated carbocycles. The summed E-state index contributed by atoms with van der Waals surface area (Å²) in [5.41, 5.74) is -6.60. The van der Waals surface area contributed by atoms with Crippen LogP contribution in [0.1, 0.15) is 129 Å². The molecule has 5 heterocycles. The average Bonchev–Trinajstić information content (AvgIpc) is 2.65. The summed E-state index contributed by atoms with van der Waals surface area (Å²) in [5.74, 6) is 0.601. The monoisotopic (exact) mass is 1160 g/mol. The number of aliphatic hydroxyl groups excluding tert-OH is 4. The van der Waals surface area contributed by atoms with Crippen molar-refractivity contribution in [2.24, 2.45) is 52.8 Å². The normalized spacial score (nSPS) is 43.6. The molecule has 19 heteroatoms. The van der Waals surface area contributed by atoms with Crippen LogP contribution in [0.5, 0.6) is 11.5 Å². The zero-order valence-electron chi connectivity index (χ0n) is 46.0. The summed E-state index contributed by atoms with van der Waals surface area (Å²) in [6.07, 6.45) is 12.0. The smallest absolute Gasteiger partial charge is 0.306 e. The number of aliphatic hydroxyl groups is 7. The quantitative estimate of drug-likeness (QED) is 0.0634. The molecule has 436 valence electrons. The number of aryl methyl sites for hydroxylation is 1. The van der Waals surface area contributed by atoms with Gasteiger partial charge in [-0.3, -0.25) is 4.79 Å². The number of nitrogens with one attached hydrogen (secondary N) is 2. The lowest BCUT2D eigenvalue weighted by atomic mass is 9.50. The molecule has 4 aliphatic heterocycles. The van der Waals surface area contributed by atoms with Crippen molar-refractivity contribution < 1.29 is 63.9 Å². The molecule has 11 rings (SSSR count). The second kappa shape index (κ2) is 23.6. The van der Waals surface area contributed by atoms with E-state index in [4.69, 9.17) is 23.4 Å². The standard InChI is InChI=1S/C59H88N2O13S4/c1-4-70-47(65)15-11-37-26-38-18-24-71-49(38)51-50(37)73-53-59(69)48-39(9-12-43(63)42(48)31-62)28-57(68,52(59)66)58(74-53)34-77-78-56-29-41(33-76-75-32-40(10-14-46(58)64)35(2)8-13-45(56)61-23-25-72-51)55(22-16-36(27-55)30-60-3)44(56)17-21-54(67)19-6-5-7-20-54/h9,12,18,24,26,35-36,39-46,48,52-53,60-64,66-69H,4-8,10-11,13-17,19-23,25,27-34H2,1-3H3. The highest BCUT2D eigenvalue weighted by atomic mass is 33.1. The Bertz CT molecular complexity index is 2450. The van der Waals surface area contributed by atoms with E-state index in [2.05, 4.69) is 24.6 Å². The number of fused-ring (bicyclic) bond motifs is 16. The van der Waals surface area contributed by atoms with Crippen LogP contribution in [0.25, 0.3) is 11.0 Å². The fraction of sp³-hybridized carbons (Fsp3) is 0.814. The van der Waals surface area contributed by atoms with Gasteiger partial charge in [0.1, 0.15) is 23.9 Å². The predicted octanol–water partition coefficient (Wildman–Crippen LogP) is 7.57. The first-order valence-corrected chi connectivity index (χ1v) is 34.5. The number of benzene rings is 1. The first kappa shape index (κ1) is 58.3. The van der Waals surface area contributed by atoms with Crippen LogP contribution >= 0.6 is 43.2 Å². The van der Waals surface area contributed by atoms with E-state index in [0.29, 0.717) is 41.3 Å². The van der Waals surface area contributed by atoms with Crippen molar-refractivity contribution in [3.63, 3.8) is 0 Å². The molecule has 0 radical (unpaired) electrons. The summed E-state index contributed by atoms with van der Waals surface area (Å²) >= 11 is 0. The van der Waals surface area contributed by atoms with Crippen LogP contribution in [-0.4, -0.2) is 157 Å². The molecule has 9 aliphatic rings. The van der Waals surface area contributed by atoms with E-state index in [9.17, 15) is 40.5 Å². The lowest BCUT2D eigenvalue weighted by Gasteiger charge is -2.67. The Morgan fingerprint density at radius 2 is 1.77 bits per heavy atom. The molecule has 15 nitrogen and oxygen atoms in total. The molecule has 78 heavy (non-hydrogen) atoms. The van der Waals surface area contributed by atoms with Crippen LogP contribution in [-0.2, 0) is 20.7 Å². The van der Waals surface area contributed by atoms with Gasteiger partial charge in [-0.15, -0.1) is 0 Å². The molecule has 3 saturated heterocycles. The topological polar surface area (TPSA) is 233 Å². The zero-order chi connectivity index (χ0) is 54.7. The number of carbonyl (C=O) groups excluding carboxylic acids is 1. The Labute approximate surface area is 476 Å². The first-order valence-electron chi connectivity index (χ1n) is 29.7. The Morgan fingerprint density at radius 3 is 2.56 bits per heavy atom. The van der Waals surface area contributed by atoms with Crippen molar-refractivity contribution in [2.45, 2.75) is 187 Å². The first-order chi connectivity index (χ1) is 37.6. The van der Waals surface area contributed by atoms with Crippen molar-refractivity contribution >= 4 is 60.1 Å². The molecule has 18 atom stereocenters. The van der Waals surface area contributed by atoms with Gasteiger partial charge < -0.3 is 69.7 Å². The van der Waals surface area contributed by atoms with Crippen LogP contribution in [0.3, 0.4) is 0 Å². The highest BCUT2D eigenvalue weighted by molar-refractivity contribution is 8.77. The molecule has 18 unspecified atom stereocenters. The van der Waals surface area contributed by atoms with Crippen molar-refractivity contribution in [2.75, 3.05) is 57.2 Å². The third-order valence-corrected chi connectivity index (χ3v) is 27.4. The van der Waals surface area contributed by atoms with Gasteiger partial charge in [-0.1, -0.05) is 81.5 Å². The number of rotatable bonds is 10. The van der Waals surface area contributed by atoms with Gasteiger partial charge in [0.25, 0.3) is 0 Å². The second-order valence-corrected chi connectivity index (χ2v) is 30.6. The highest BCUT2D eigenvalue weighted by Crippen LogP contribution is 2.72. The minimum atomic E-state index is -2.50. The van der Waals surface area contributed by atoms with Gasteiger partial charge in [0.05, 0.1) is 30.7 Å². The van der Waals surface area contributed by atoms with E-state index < -0.39 is 82.1 Å². The number of hydrogen-bond acceptors (Lipinski definition) is 19. The molecule has 1 aromatic carbocycles. The van der Waals surface area contributed by atoms with Gasteiger partial charge in [-0.2, -0.15) is 0 Å². The fourth-order valence-electron chi connectivity index (χ4n) is 17.4. The maximum atomic E-state index is 14.0. The van der Waals surface area contributed by atoms with E-state index in [-0.39, 0.29) is 85.4 Å². The minimum absolute atomic E-state index is 0.00515. The molecule has 8 bridgehead atoms. The molecule has 0 amide bonds. The van der Waals surface area contributed by atoms with Crippen LogP contribution in [0.2, 0.25) is 0 Å².